The minimum absolute atomic E-state index is 0. The first kappa shape index (κ1) is 62.5. The van der Waals surface area contributed by atoms with Crippen LogP contribution in [0.3, 0.4) is 0 Å². The maximum absolute atomic E-state index is 14.0. The number of aliphatic carboxylic acids is 2. The van der Waals surface area contributed by atoms with Gasteiger partial charge in [0.1, 0.15) is 11.6 Å². The van der Waals surface area contributed by atoms with Crippen LogP contribution in [0.1, 0.15) is 97.3 Å². The molecular formula is C66H64CaF2N4O8. The fourth-order valence-corrected chi connectivity index (χ4v) is 9.85. The zero-order valence-electron chi connectivity index (χ0n) is 45.7. The standard InChI is InChI=1S/2C33H33FN2O4.Ca/c2*1-22(2)31-30(33(40)35-26-12-7-4-8-13-26)29(23-10-5-3-6-11-23)32(24-16-18-25(34)19-17-24)36(31)21-20-27(37)14-9-15-28(38)39;/h2*3-13,15-19,22,27,37H,14,20-21H2,1-2H3,(H,35,40)(H,38,39);/q;;+2/p-2/b2*15-9-;/t2*27-;/m00./s1. The van der Waals surface area contributed by atoms with Gasteiger partial charge in [0.05, 0.1) is 46.7 Å². The van der Waals surface area contributed by atoms with Crippen molar-refractivity contribution in [3.8, 4) is 44.8 Å². The second-order valence-corrected chi connectivity index (χ2v) is 19.8. The van der Waals surface area contributed by atoms with Crippen molar-refractivity contribution in [1.29, 1.82) is 0 Å². The molecule has 412 valence electrons. The quantitative estimate of drug-likeness (QED) is 0.0381. The van der Waals surface area contributed by atoms with Crippen LogP contribution in [-0.2, 0) is 22.7 Å². The number of carboxylic acids is 2. The van der Waals surface area contributed by atoms with Gasteiger partial charge in [-0.1, -0.05) is 137 Å². The first-order valence-corrected chi connectivity index (χ1v) is 26.5. The molecule has 0 aliphatic carbocycles. The molecule has 8 rings (SSSR count). The predicted octanol–water partition coefficient (Wildman–Crippen LogP) is 11.2. The molecule has 0 unspecified atom stereocenters. The molecule has 4 N–H and O–H groups in total. The molecular weight excluding hydrogens is 1050 g/mol. The Hall–Kier alpha value is -7.72. The van der Waals surface area contributed by atoms with Crippen molar-refractivity contribution in [1.82, 2.24) is 9.13 Å². The van der Waals surface area contributed by atoms with Crippen LogP contribution >= 0.6 is 0 Å². The number of aliphatic hydroxyl groups excluding tert-OH is 2. The Kier molecular flexibility index (Phi) is 23.3. The Morgan fingerprint density at radius 2 is 0.790 bits per heavy atom. The van der Waals surface area contributed by atoms with Gasteiger partial charge in [0, 0.05) is 47.0 Å². The molecule has 0 radical (unpaired) electrons. The summed E-state index contributed by atoms with van der Waals surface area (Å²) in [6, 6.07) is 49.9. The molecule has 2 aromatic heterocycles. The summed E-state index contributed by atoms with van der Waals surface area (Å²) in [5.41, 5.74) is 9.94. The number of amides is 2. The molecule has 12 nitrogen and oxygen atoms in total. The van der Waals surface area contributed by atoms with Crippen molar-refractivity contribution in [2.75, 3.05) is 10.6 Å². The van der Waals surface area contributed by atoms with E-state index in [0.29, 0.717) is 48.4 Å². The van der Waals surface area contributed by atoms with Gasteiger partial charge in [-0.25, -0.2) is 8.78 Å². The summed E-state index contributed by atoms with van der Waals surface area (Å²) in [5.74, 6) is -4.08. The molecule has 0 saturated heterocycles. The molecule has 81 heavy (non-hydrogen) atoms. The van der Waals surface area contributed by atoms with E-state index in [1.165, 1.54) is 36.4 Å². The molecule has 0 aliphatic heterocycles. The average Bonchev–Trinajstić information content (AvgIpc) is 4.18. The zero-order valence-corrected chi connectivity index (χ0v) is 47.9. The second kappa shape index (κ2) is 30.2. The number of nitrogens with one attached hydrogen (secondary N) is 2. The number of carbonyl (C=O) groups is 4. The van der Waals surface area contributed by atoms with Crippen molar-refractivity contribution in [3.63, 3.8) is 0 Å². The van der Waals surface area contributed by atoms with Gasteiger partial charge in [-0.2, -0.15) is 0 Å². The molecule has 0 bridgehead atoms. The Morgan fingerprint density at radius 1 is 0.481 bits per heavy atom. The van der Waals surface area contributed by atoms with Crippen molar-refractivity contribution in [2.24, 2.45) is 0 Å². The Labute approximate surface area is 501 Å². The van der Waals surface area contributed by atoms with Crippen molar-refractivity contribution in [3.05, 3.63) is 228 Å². The summed E-state index contributed by atoms with van der Waals surface area (Å²) < 4.78 is 32.0. The van der Waals surface area contributed by atoms with E-state index in [1.54, 1.807) is 24.3 Å². The number of carbonyl (C=O) groups excluding carboxylic acids is 4. The number of aromatic nitrogens is 2. The van der Waals surface area contributed by atoms with Gasteiger partial charge in [-0.15, -0.1) is 0 Å². The van der Waals surface area contributed by atoms with E-state index in [4.69, 9.17) is 0 Å². The smallest absolute Gasteiger partial charge is 0.545 e. The summed E-state index contributed by atoms with van der Waals surface area (Å²) >= 11 is 0. The Bertz CT molecular complexity index is 3190. The summed E-state index contributed by atoms with van der Waals surface area (Å²) in [7, 11) is 0. The Balaban J connectivity index is 0.000000258. The van der Waals surface area contributed by atoms with Gasteiger partial charge in [0.15, 0.2) is 0 Å². The van der Waals surface area contributed by atoms with E-state index >= 15 is 0 Å². The number of nitrogens with zero attached hydrogens (tertiary/aromatic N) is 2. The third-order valence-corrected chi connectivity index (χ3v) is 13.3. The van der Waals surface area contributed by atoms with Gasteiger partial charge < -0.3 is 49.8 Å². The number of halogens is 2. The van der Waals surface area contributed by atoms with Gasteiger partial charge in [-0.3, -0.25) is 9.59 Å². The topological polar surface area (TPSA) is 189 Å². The molecule has 0 fully saturated rings. The predicted molar refractivity (Wildman–Crippen MR) is 312 cm³/mol. The molecule has 0 aliphatic rings. The molecule has 2 atom stereocenters. The third-order valence-electron chi connectivity index (χ3n) is 13.3. The van der Waals surface area contributed by atoms with Crippen LogP contribution in [0.25, 0.3) is 44.8 Å². The third kappa shape index (κ3) is 16.7. The monoisotopic (exact) mass is 1120 g/mol. The van der Waals surface area contributed by atoms with Gasteiger partial charge in [0.2, 0.25) is 0 Å². The van der Waals surface area contributed by atoms with Crippen molar-refractivity contribution in [2.45, 2.75) is 90.5 Å². The molecule has 8 aromatic rings. The number of rotatable bonds is 22. The second-order valence-electron chi connectivity index (χ2n) is 19.8. The number of anilines is 2. The zero-order chi connectivity index (χ0) is 57.3. The average molecular weight is 1120 g/mol. The van der Waals surface area contributed by atoms with Crippen molar-refractivity contribution >= 4 is 72.9 Å². The number of benzene rings is 6. The number of hydrogen-bond acceptors (Lipinski definition) is 8. The minimum Gasteiger partial charge on any atom is -0.545 e. The van der Waals surface area contributed by atoms with Crippen LogP contribution in [-0.4, -0.2) is 93.0 Å². The van der Waals surface area contributed by atoms with Crippen LogP contribution in [0.2, 0.25) is 0 Å². The molecule has 0 saturated carbocycles. The first-order chi connectivity index (χ1) is 38.5. The minimum atomic E-state index is -1.32. The van der Waals surface area contributed by atoms with E-state index in [0.717, 1.165) is 68.3 Å². The number of hydrogen-bond donors (Lipinski definition) is 4. The summed E-state index contributed by atoms with van der Waals surface area (Å²) in [5, 5.41) is 48.8. The number of aliphatic hydroxyl groups is 2. The maximum Gasteiger partial charge on any atom is 2.00 e. The summed E-state index contributed by atoms with van der Waals surface area (Å²) in [6.45, 7) is 8.72. The van der Waals surface area contributed by atoms with E-state index in [-0.39, 0.29) is 85.9 Å². The van der Waals surface area contributed by atoms with E-state index in [1.807, 2.05) is 158 Å². The molecule has 2 amide bonds. The normalized spacial score (nSPS) is 12.0. The van der Waals surface area contributed by atoms with Crippen LogP contribution in [0, 0.1) is 11.6 Å². The number of para-hydroxylation sites is 2. The molecule has 0 spiro atoms. The van der Waals surface area contributed by atoms with Gasteiger partial charge in [0.25, 0.3) is 11.8 Å². The van der Waals surface area contributed by atoms with E-state index in [2.05, 4.69) is 10.6 Å². The number of carboxylic acid groups (broad SMARTS) is 2. The van der Waals surface area contributed by atoms with Crippen LogP contribution < -0.4 is 20.8 Å². The summed E-state index contributed by atoms with van der Waals surface area (Å²) in [4.78, 5) is 49.5. The molecule has 15 heteroatoms. The van der Waals surface area contributed by atoms with Gasteiger partial charge >= 0.3 is 37.7 Å². The summed E-state index contributed by atoms with van der Waals surface area (Å²) in [6.07, 6.45) is 3.80. The van der Waals surface area contributed by atoms with E-state index < -0.39 is 24.1 Å². The largest absolute Gasteiger partial charge is 2.00 e. The van der Waals surface area contributed by atoms with E-state index in [9.17, 15) is 48.4 Å². The molecule has 2 heterocycles. The van der Waals surface area contributed by atoms with Gasteiger partial charge in [-0.05, 0) is 145 Å². The molecule has 6 aromatic carbocycles. The fourth-order valence-electron chi connectivity index (χ4n) is 9.85. The fraction of sp³-hybridized carbons (Fsp3) is 0.212. The van der Waals surface area contributed by atoms with Crippen molar-refractivity contribution < 1.29 is 48.4 Å². The maximum atomic E-state index is 14.0. The Morgan fingerprint density at radius 3 is 1.09 bits per heavy atom. The SMILES string of the molecule is CC(C)c1c(C(=O)Nc2ccccc2)c(-c2ccccc2)c(-c2ccc(F)cc2)n1CC[C@@H](O)C/C=C\C(=O)[O-].CC(C)c1c(C(=O)Nc2ccccc2)c(-c2ccccc2)c(-c2ccc(F)cc2)n1CC[C@@H](O)C/C=C\C(=O)[O-].[Ca+2]. The first-order valence-electron chi connectivity index (χ1n) is 26.5. The van der Waals surface area contributed by atoms with Crippen LogP contribution in [0.4, 0.5) is 20.2 Å². The van der Waals surface area contributed by atoms with Crippen LogP contribution in [0.5, 0.6) is 0 Å². The van der Waals surface area contributed by atoms with Crippen LogP contribution in [0.15, 0.2) is 194 Å².